The van der Waals surface area contributed by atoms with E-state index >= 15 is 0 Å². The van der Waals surface area contributed by atoms with Gasteiger partial charge in [-0.1, -0.05) is 18.2 Å². The van der Waals surface area contributed by atoms with Crippen LogP contribution in [0.25, 0.3) is 10.9 Å². The number of benzene rings is 1. The van der Waals surface area contributed by atoms with Gasteiger partial charge in [0.05, 0.1) is 17.7 Å². The third-order valence-electron chi connectivity index (χ3n) is 2.95. The smallest absolute Gasteiger partial charge is 0.336 e. The molecule has 0 bridgehead atoms. The first-order valence-corrected chi connectivity index (χ1v) is 5.96. The van der Waals surface area contributed by atoms with E-state index in [0.717, 1.165) is 0 Å². The molecule has 1 aromatic heterocycles. The first kappa shape index (κ1) is 13.3. The molecule has 2 rings (SSSR count). The molecule has 5 heteroatoms. The molecule has 0 amide bonds. The van der Waals surface area contributed by atoms with Gasteiger partial charge in [-0.25, -0.2) is 9.78 Å². The molecule has 2 aromatic rings. The van der Waals surface area contributed by atoms with Crippen LogP contribution in [0.1, 0.15) is 10.4 Å². The maximum absolute atomic E-state index is 11.3. The van der Waals surface area contributed by atoms with Gasteiger partial charge in [0.25, 0.3) is 0 Å². The zero-order chi connectivity index (χ0) is 13.8. The summed E-state index contributed by atoms with van der Waals surface area (Å²) in [4.78, 5) is 17.7. The third kappa shape index (κ3) is 2.82. The average molecular weight is 260 g/mol. The van der Waals surface area contributed by atoms with Crippen molar-refractivity contribution in [1.82, 2.24) is 4.98 Å². The molecule has 5 nitrogen and oxygen atoms in total. The van der Waals surface area contributed by atoms with Crippen molar-refractivity contribution >= 4 is 22.7 Å². The lowest BCUT2D eigenvalue weighted by Crippen LogP contribution is -2.23. The Hall–Kier alpha value is -2.14. The highest BCUT2D eigenvalue weighted by Crippen LogP contribution is 2.22. The summed E-state index contributed by atoms with van der Waals surface area (Å²) in [7, 11) is 3.49. The van der Waals surface area contributed by atoms with E-state index in [9.17, 15) is 9.90 Å². The number of ether oxygens (including phenoxy) is 1. The predicted octanol–water partition coefficient (Wildman–Crippen LogP) is 2.02. The number of aromatic nitrogens is 1. The second-order valence-corrected chi connectivity index (χ2v) is 4.26. The van der Waals surface area contributed by atoms with Crippen LogP contribution in [0.4, 0.5) is 5.82 Å². The number of hydrogen-bond acceptors (Lipinski definition) is 4. The van der Waals surface area contributed by atoms with E-state index in [1.54, 1.807) is 19.2 Å². The molecule has 0 unspecified atom stereocenters. The van der Waals surface area contributed by atoms with E-state index in [2.05, 4.69) is 4.98 Å². The number of carbonyl (C=O) groups is 1. The topological polar surface area (TPSA) is 62.7 Å². The number of carboxylic acids is 1. The van der Waals surface area contributed by atoms with Crippen LogP contribution >= 0.6 is 0 Å². The fourth-order valence-electron chi connectivity index (χ4n) is 1.88. The van der Waals surface area contributed by atoms with Gasteiger partial charge in [-0.15, -0.1) is 0 Å². The van der Waals surface area contributed by atoms with Gasteiger partial charge >= 0.3 is 5.97 Å². The Kier molecular flexibility index (Phi) is 3.97. The minimum absolute atomic E-state index is 0.268. The monoisotopic (exact) mass is 260 g/mol. The van der Waals surface area contributed by atoms with Crippen molar-refractivity contribution in [2.24, 2.45) is 0 Å². The lowest BCUT2D eigenvalue weighted by Gasteiger charge is -2.18. The molecule has 0 aliphatic rings. The molecule has 100 valence electrons. The number of fused-ring (bicyclic) bond motifs is 1. The van der Waals surface area contributed by atoms with E-state index in [1.807, 2.05) is 30.1 Å². The Balaban J connectivity index is 2.49. The summed E-state index contributed by atoms with van der Waals surface area (Å²) in [5.41, 5.74) is 0.950. The molecule has 0 saturated carbocycles. The highest BCUT2D eigenvalue weighted by atomic mass is 16.5. The summed E-state index contributed by atoms with van der Waals surface area (Å²) in [6, 6.07) is 8.84. The van der Waals surface area contributed by atoms with Gasteiger partial charge < -0.3 is 14.7 Å². The largest absolute Gasteiger partial charge is 0.478 e. The van der Waals surface area contributed by atoms with Gasteiger partial charge in [0.2, 0.25) is 0 Å². The van der Waals surface area contributed by atoms with Crippen LogP contribution in [0.3, 0.4) is 0 Å². The molecule has 19 heavy (non-hydrogen) atoms. The second kappa shape index (κ2) is 5.67. The molecule has 0 atom stereocenters. The number of hydrogen-bond donors (Lipinski definition) is 1. The number of anilines is 1. The van der Waals surface area contributed by atoms with Gasteiger partial charge in [-0.2, -0.15) is 0 Å². The first-order chi connectivity index (χ1) is 9.13. The van der Waals surface area contributed by atoms with Gasteiger partial charge in [-0.05, 0) is 12.1 Å². The summed E-state index contributed by atoms with van der Waals surface area (Å²) in [6.07, 6.45) is 0. The van der Waals surface area contributed by atoms with Crippen molar-refractivity contribution in [2.75, 3.05) is 32.2 Å². The van der Waals surface area contributed by atoms with Gasteiger partial charge in [0.1, 0.15) is 5.82 Å². The molecular formula is C14H16N2O3. The Labute approximate surface area is 111 Å². The standard InChI is InChI=1S/C14H16N2O3/c1-16(7-8-19-2)13-9-11(14(17)18)10-5-3-4-6-12(10)15-13/h3-6,9H,7-8H2,1-2H3,(H,17,18). The van der Waals surface area contributed by atoms with E-state index < -0.39 is 5.97 Å². The Morgan fingerprint density at radius 2 is 2.16 bits per heavy atom. The molecule has 0 radical (unpaired) electrons. The number of carboxylic acid groups (broad SMARTS) is 1. The van der Waals surface area contributed by atoms with Crippen LogP contribution < -0.4 is 4.90 Å². The number of aromatic carboxylic acids is 1. The molecule has 0 spiro atoms. The minimum atomic E-state index is -0.944. The van der Waals surface area contributed by atoms with Crippen molar-refractivity contribution in [2.45, 2.75) is 0 Å². The third-order valence-corrected chi connectivity index (χ3v) is 2.95. The fourth-order valence-corrected chi connectivity index (χ4v) is 1.88. The van der Waals surface area contributed by atoms with Gasteiger partial charge in [-0.3, -0.25) is 0 Å². The van der Waals surface area contributed by atoms with Crippen LogP contribution in [0, 0.1) is 0 Å². The number of pyridine rings is 1. The molecule has 1 N–H and O–H groups in total. The van der Waals surface area contributed by atoms with Crippen molar-refractivity contribution in [3.8, 4) is 0 Å². The molecule has 0 saturated heterocycles. The van der Waals surface area contributed by atoms with Crippen LogP contribution in [0.2, 0.25) is 0 Å². The molecule has 1 heterocycles. The molecule has 0 aliphatic heterocycles. The highest BCUT2D eigenvalue weighted by molar-refractivity contribution is 6.03. The van der Waals surface area contributed by atoms with Crippen molar-refractivity contribution in [3.63, 3.8) is 0 Å². The van der Waals surface area contributed by atoms with Gasteiger partial charge in [0, 0.05) is 26.1 Å². The Morgan fingerprint density at radius 1 is 1.42 bits per heavy atom. The number of methoxy groups -OCH3 is 1. The Bertz CT molecular complexity index is 598. The van der Waals surface area contributed by atoms with E-state index in [-0.39, 0.29) is 5.56 Å². The predicted molar refractivity (Wildman–Crippen MR) is 73.8 cm³/mol. The molecule has 1 aromatic carbocycles. The number of rotatable bonds is 5. The number of likely N-dealkylation sites (N-methyl/N-ethyl adjacent to an activating group) is 1. The quantitative estimate of drug-likeness (QED) is 0.891. The maximum atomic E-state index is 11.3. The van der Waals surface area contributed by atoms with E-state index in [1.165, 1.54) is 0 Å². The van der Waals surface area contributed by atoms with Crippen LogP contribution in [0.5, 0.6) is 0 Å². The second-order valence-electron chi connectivity index (χ2n) is 4.26. The molecule has 0 fully saturated rings. The normalized spacial score (nSPS) is 10.6. The lowest BCUT2D eigenvalue weighted by molar-refractivity contribution is 0.0699. The SMILES string of the molecule is COCCN(C)c1cc(C(=O)O)c2ccccc2n1. The summed E-state index contributed by atoms with van der Waals surface area (Å²) in [5, 5.41) is 9.95. The summed E-state index contributed by atoms with van der Waals surface area (Å²) >= 11 is 0. The van der Waals surface area contributed by atoms with Crippen molar-refractivity contribution < 1.29 is 14.6 Å². The molecule has 0 aliphatic carbocycles. The minimum Gasteiger partial charge on any atom is -0.478 e. The van der Waals surface area contributed by atoms with E-state index in [4.69, 9.17) is 4.74 Å². The lowest BCUT2D eigenvalue weighted by atomic mass is 10.1. The molecular weight excluding hydrogens is 244 g/mol. The maximum Gasteiger partial charge on any atom is 0.336 e. The number of para-hydroxylation sites is 1. The first-order valence-electron chi connectivity index (χ1n) is 5.96. The van der Waals surface area contributed by atoms with Crippen LogP contribution in [-0.4, -0.2) is 43.4 Å². The van der Waals surface area contributed by atoms with Crippen LogP contribution in [-0.2, 0) is 4.74 Å². The van der Waals surface area contributed by atoms with Gasteiger partial charge in [0.15, 0.2) is 0 Å². The van der Waals surface area contributed by atoms with E-state index in [0.29, 0.717) is 29.9 Å². The zero-order valence-corrected chi connectivity index (χ0v) is 11.0. The fraction of sp³-hybridized carbons (Fsp3) is 0.286. The average Bonchev–Trinajstić information content (AvgIpc) is 2.43. The Morgan fingerprint density at radius 3 is 2.84 bits per heavy atom. The van der Waals surface area contributed by atoms with Crippen molar-refractivity contribution in [1.29, 1.82) is 0 Å². The van der Waals surface area contributed by atoms with Crippen LogP contribution in [0.15, 0.2) is 30.3 Å². The summed E-state index contributed by atoms with van der Waals surface area (Å²) in [6.45, 7) is 1.22. The van der Waals surface area contributed by atoms with Crippen molar-refractivity contribution in [3.05, 3.63) is 35.9 Å². The summed E-state index contributed by atoms with van der Waals surface area (Å²) < 4.78 is 5.01. The number of nitrogens with zero attached hydrogens (tertiary/aromatic N) is 2. The zero-order valence-electron chi connectivity index (χ0n) is 11.0. The summed E-state index contributed by atoms with van der Waals surface area (Å²) in [5.74, 6) is -0.312. The highest BCUT2D eigenvalue weighted by Gasteiger charge is 2.13.